The Balaban J connectivity index is 1.19. The van der Waals surface area contributed by atoms with E-state index in [0.29, 0.717) is 45.4 Å². The van der Waals surface area contributed by atoms with E-state index in [9.17, 15) is 9.59 Å². The minimum absolute atomic E-state index is 0.175. The summed E-state index contributed by atoms with van der Waals surface area (Å²) in [6.45, 7) is 5.38. The molecule has 7 rings (SSSR count). The van der Waals surface area contributed by atoms with Crippen molar-refractivity contribution in [1.29, 1.82) is 0 Å². The predicted octanol–water partition coefficient (Wildman–Crippen LogP) is 6.01. The molecule has 2 aromatic carbocycles. The lowest BCUT2D eigenvalue weighted by Crippen LogP contribution is -2.28. The number of anilines is 2. The van der Waals surface area contributed by atoms with Gasteiger partial charge in [-0.25, -0.2) is 24.4 Å². The van der Waals surface area contributed by atoms with Crippen molar-refractivity contribution in [3.05, 3.63) is 108 Å². The number of fused-ring (bicyclic) bond motifs is 2. The molecule has 0 saturated carbocycles. The molecule has 0 bridgehead atoms. The van der Waals surface area contributed by atoms with E-state index < -0.39 is 11.7 Å². The summed E-state index contributed by atoms with van der Waals surface area (Å²) in [5, 5.41) is 10.2. The maximum Gasteiger partial charge on any atom is 0.412 e. The highest BCUT2D eigenvalue weighted by atomic mass is 16.6. The lowest BCUT2D eigenvalue weighted by Gasteiger charge is -2.20. The van der Waals surface area contributed by atoms with Gasteiger partial charge in [0.1, 0.15) is 16.9 Å². The number of aryl methyl sites for hydroxylation is 1. The highest BCUT2D eigenvalue weighted by molar-refractivity contribution is 5.96. The van der Waals surface area contributed by atoms with Gasteiger partial charge in [0.2, 0.25) is 0 Å². The number of ether oxygens (including phenoxy) is 1. The Hall–Kier alpha value is -6.04. The molecule has 1 aliphatic rings. The summed E-state index contributed by atoms with van der Waals surface area (Å²) in [5.74, 6) is 1.41. The Kier molecular flexibility index (Phi) is 7.39. The summed E-state index contributed by atoms with van der Waals surface area (Å²) in [4.78, 5) is 39.7. The standard InChI is InChI=1S/C35H33N9O3/c1-35(2,3)47-34(46)39-23-8-4-7-22(19-23)33(45)41-27-13-10-21-20-24(11-12-25(21)27)44-31(26-9-5-16-37-30(26)36)40-28-14-15-29(42-32(28)44)43-18-6-17-38-43/h4-9,11-12,14-20,27H,10,13H2,1-3H3,(H2,36,37)(H,39,46)(H,41,45)/t27-/m0/s1. The van der Waals surface area contributed by atoms with Crippen LogP contribution in [0.25, 0.3) is 34.1 Å². The van der Waals surface area contributed by atoms with Gasteiger partial charge in [-0.05, 0) is 105 Å². The molecule has 0 radical (unpaired) electrons. The number of hydrogen-bond donors (Lipinski definition) is 3. The number of carbonyl (C=O) groups excluding carboxylic acids is 2. The summed E-state index contributed by atoms with van der Waals surface area (Å²) in [7, 11) is 0. The van der Waals surface area contributed by atoms with Crippen LogP contribution in [0.5, 0.6) is 0 Å². The first kappa shape index (κ1) is 29.7. The number of pyridine rings is 2. The number of carbonyl (C=O) groups is 2. The van der Waals surface area contributed by atoms with Gasteiger partial charge in [-0.3, -0.25) is 14.7 Å². The molecule has 6 aromatic rings. The Labute approximate surface area is 270 Å². The number of amides is 2. The van der Waals surface area contributed by atoms with Crippen LogP contribution < -0.4 is 16.4 Å². The second kappa shape index (κ2) is 11.7. The maximum atomic E-state index is 13.3. The molecule has 0 unspecified atom stereocenters. The number of rotatable bonds is 6. The average molecular weight is 628 g/mol. The van der Waals surface area contributed by atoms with E-state index >= 15 is 0 Å². The minimum Gasteiger partial charge on any atom is -0.444 e. The third-order valence-electron chi connectivity index (χ3n) is 7.85. The van der Waals surface area contributed by atoms with Crippen molar-refractivity contribution >= 4 is 34.7 Å². The summed E-state index contributed by atoms with van der Waals surface area (Å²) in [6.07, 6.45) is 6.14. The maximum absolute atomic E-state index is 13.3. The van der Waals surface area contributed by atoms with E-state index in [0.717, 1.165) is 29.7 Å². The largest absolute Gasteiger partial charge is 0.444 e. The molecular weight excluding hydrogens is 594 g/mol. The lowest BCUT2D eigenvalue weighted by atomic mass is 10.1. The van der Waals surface area contributed by atoms with Gasteiger partial charge < -0.3 is 15.8 Å². The smallest absolute Gasteiger partial charge is 0.412 e. The normalized spacial score (nSPS) is 14.1. The topological polar surface area (TPSA) is 155 Å². The van der Waals surface area contributed by atoms with Crippen LogP contribution in [0.15, 0.2) is 91.4 Å². The van der Waals surface area contributed by atoms with E-state index in [1.165, 1.54) is 0 Å². The highest BCUT2D eigenvalue weighted by Crippen LogP contribution is 2.36. The zero-order chi connectivity index (χ0) is 32.7. The Bertz CT molecular complexity index is 2130. The highest BCUT2D eigenvalue weighted by Gasteiger charge is 2.27. The minimum atomic E-state index is -0.632. The molecule has 12 heteroatoms. The number of nitrogens with one attached hydrogen (secondary N) is 2. The number of nitrogen functional groups attached to an aromatic ring is 1. The zero-order valence-electron chi connectivity index (χ0n) is 26.1. The predicted molar refractivity (Wildman–Crippen MR) is 178 cm³/mol. The molecule has 1 atom stereocenters. The molecule has 0 saturated heterocycles. The first-order chi connectivity index (χ1) is 22.6. The molecule has 4 heterocycles. The summed E-state index contributed by atoms with van der Waals surface area (Å²) in [5.41, 5.74) is 11.7. The summed E-state index contributed by atoms with van der Waals surface area (Å²) < 4.78 is 9.03. The third kappa shape index (κ3) is 6.00. The van der Waals surface area contributed by atoms with Crippen molar-refractivity contribution in [3.8, 4) is 22.9 Å². The van der Waals surface area contributed by atoms with Crippen molar-refractivity contribution < 1.29 is 14.3 Å². The summed E-state index contributed by atoms with van der Waals surface area (Å²) >= 11 is 0. The number of imidazole rings is 1. The van der Waals surface area contributed by atoms with Gasteiger partial charge in [0.25, 0.3) is 5.91 Å². The van der Waals surface area contributed by atoms with Gasteiger partial charge in [-0.2, -0.15) is 5.10 Å². The molecule has 4 aromatic heterocycles. The first-order valence-electron chi connectivity index (χ1n) is 15.3. The van der Waals surface area contributed by atoms with Crippen LogP contribution in [-0.4, -0.2) is 46.9 Å². The van der Waals surface area contributed by atoms with Gasteiger partial charge in [0.05, 0.1) is 11.6 Å². The number of benzene rings is 2. The molecule has 0 spiro atoms. The fourth-order valence-electron chi connectivity index (χ4n) is 5.81. The number of nitrogens with zero attached hydrogens (tertiary/aromatic N) is 6. The van der Waals surface area contributed by atoms with Crippen molar-refractivity contribution in [3.63, 3.8) is 0 Å². The van der Waals surface area contributed by atoms with Crippen molar-refractivity contribution in [2.24, 2.45) is 0 Å². The molecule has 4 N–H and O–H groups in total. The monoisotopic (exact) mass is 627 g/mol. The Morgan fingerprint density at radius 1 is 0.979 bits per heavy atom. The Morgan fingerprint density at radius 2 is 1.85 bits per heavy atom. The quantitative estimate of drug-likeness (QED) is 0.203. The van der Waals surface area contributed by atoms with Crippen LogP contribution >= 0.6 is 0 Å². The van der Waals surface area contributed by atoms with E-state index in [1.54, 1.807) is 62.1 Å². The van der Waals surface area contributed by atoms with Gasteiger partial charge in [0.15, 0.2) is 17.3 Å². The molecule has 47 heavy (non-hydrogen) atoms. The second-order valence-corrected chi connectivity index (χ2v) is 12.3. The molecule has 236 valence electrons. The zero-order valence-corrected chi connectivity index (χ0v) is 26.1. The third-order valence-corrected chi connectivity index (χ3v) is 7.85. The molecule has 2 amide bonds. The number of nitrogens with two attached hydrogens (primary N) is 1. The molecular formula is C35H33N9O3. The van der Waals surface area contributed by atoms with Crippen LogP contribution in [0, 0.1) is 0 Å². The van der Waals surface area contributed by atoms with E-state index in [-0.39, 0.29) is 11.9 Å². The molecule has 0 fully saturated rings. The number of hydrogen-bond acceptors (Lipinski definition) is 8. The van der Waals surface area contributed by atoms with Crippen LogP contribution in [0.4, 0.5) is 16.3 Å². The van der Waals surface area contributed by atoms with Crippen LogP contribution in [0.3, 0.4) is 0 Å². The van der Waals surface area contributed by atoms with E-state index in [1.807, 2.05) is 53.2 Å². The number of aromatic nitrogens is 6. The van der Waals surface area contributed by atoms with Crippen LogP contribution in [-0.2, 0) is 11.2 Å². The van der Waals surface area contributed by atoms with Crippen molar-refractivity contribution in [2.75, 3.05) is 11.1 Å². The van der Waals surface area contributed by atoms with Gasteiger partial charge >= 0.3 is 6.09 Å². The van der Waals surface area contributed by atoms with Gasteiger partial charge in [-0.1, -0.05) is 12.1 Å². The van der Waals surface area contributed by atoms with E-state index in [2.05, 4.69) is 26.8 Å². The van der Waals surface area contributed by atoms with Gasteiger partial charge in [-0.15, -0.1) is 0 Å². The average Bonchev–Trinajstić information content (AvgIpc) is 3.79. The van der Waals surface area contributed by atoms with Crippen molar-refractivity contribution in [1.82, 2.24) is 34.6 Å². The fraction of sp³-hybridized carbons (Fsp3) is 0.200. The SMILES string of the molecule is CC(C)(C)OC(=O)Nc1cccc(C(=O)N[C@H]2CCc3cc(-n4c(-c5cccnc5N)nc5ccc(-n6cccn6)nc54)ccc32)c1. The van der Waals surface area contributed by atoms with Crippen LogP contribution in [0.2, 0.25) is 0 Å². The summed E-state index contributed by atoms with van der Waals surface area (Å²) in [6, 6.07) is 22.2. The lowest BCUT2D eigenvalue weighted by molar-refractivity contribution is 0.0635. The molecule has 1 aliphatic carbocycles. The van der Waals surface area contributed by atoms with Crippen LogP contribution in [0.1, 0.15) is 54.7 Å². The molecule has 0 aliphatic heterocycles. The Morgan fingerprint density at radius 3 is 2.64 bits per heavy atom. The second-order valence-electron chi connectivity index (χ2n) is 12.3. The fourth-order valence-corrected chi connectivity index (χ4v) is 5.81. The van der Waals surface area contributed by atoms with Crippen molar-refractivity contribution in [2.45, 2.75) is 45.3 Å². The first-order valence-corrected chi connectivity index (χ1v) is 15.3. The molecule has 12 nitrogen and oxygen atoms in total. The van der Waals surface area contributed by atoms with Gasteiger partial charge in [0, 0.05) is 35.5 Å². The van der Waals surface area contributed by atoms with E-state index in [4.69, 9.17) is 20.4 Å².